The maximum atomic E-state index is 13.4. The minimum absolute atomic E-state index is 0.0721. The molecule has 0 aliphatic rings. The Hall–Kier alpha value is -1.05. The van der Waals surface area contributed by atoms with E-state index in [4.69, 9.17) is 5.73 Å². The number of nitrogens with one attached hydrogen (secondary N) is 1. The first-order valence-corrected chi connectivity index (χ1v) is 6.81. The van der Waals surface area contributed by atoms with Gasteiger partial charge in [-0.3, -0.25) is 0 Å². The van der Waals surface area contributed by atoms with Crippen LogP contribution in [0.1, 0.15) is 13.8 Å². The van der Waals surface area contributed by atoms with Crippen molar-refractivity contribution in [1.29, 1.82) is 0 Å². The Kier molecular flexibility index (Phi) is 4.41. The number of hydrogen-bond donors (Lipinski definition) is 2. The molecule has 0 aliphatic carbocycles. The minimum Gasteiger partial charge on any atom is -0.330 e. The molecule has 0 bridgehead atoms. The normalized spacial score (nSPS) is 12.7. The fourth-order valence-corrected chi connectivity index (χ4v) is 2.43. The van der Waals surface area contributed by atoms with E-state index >= 15 is 0 Å². The van der Waals surface area contributed by atoms with E-state index in [-0.39, 0.29) is 13.1 Å². The lowest BCUT2D eigenvalue weighted by molar-refractivity contribution is 0.375. The Bertz CT molecular complexity index is 530. The van der Waals surface area contributed by atoms with Crippen LogP contribution in [-0.4, -0.2) is 21.5 Å². The molecule has 1 aromatic carbocycles. The highest BCUT2D eigenvalue weighted by Gasteiger charge is 2.23. The fraction of sp³-hybridized carbons (Fsp3) is 0.455. The standard InChI is InChI=1S/C11H16F2N2O2S/c1-11(2,6-14)7-15-18(16,17)10-4-3-8(12)5-9(10)13/h3-5,15H,6-7,14H2,1-2H3. The molecule has 1 aromatic rings. The summed E-state index contributed by atoms with van der Waals surface area (Å²) in [5.74, 6) is -1.94. The minimum atomic E-state index is -4.00. The molecule has 0 fully saturated rings. The van der Waals surface area contributed by atoms with Crippen LogP contribution in [-0.2, 0) is 10.0 Å². The van der Waals surface area contributed by atoms with Crippen LogP contribution in [0.2, 0.25) is 0 Å². The second-order valence-corrected chi connectivity index (χ2v) is 6.50. The zero-order valence-electron chi connectivity index (χ0n) is 10.2. The molecule has 0 amide bonds. The number of halogens is 2. The highest BCUT2D eigenvalue weighted by Crippen LogP contribution is 2.17. The maximum Gasteiger partial charge on any atom is 0.243 e. The van der Waals surface area contributed by atoms with Crippen molar-refractivity contribution in [2.45, 2.75) is 18.7 Å². The van der Waals surface area contributed by atoms with Crippen LogP contribution in [0.25, 0.3) is 0 Å². The Balaban J connectivity index is 2.94. The number of benzene rings is 1. The second kappa shape index (κ2) is 5.29. The summed E-state index contributed by atoms with van der Waals surface area (Å²) < 4.78 is 51.9. The van der Waals surface area contributed by atoms with Gasteiger partial charge in [-0.15, -0.1) is 0 Å². The van der Waals surface area contributed by atoms with Gasteiger partial charge >= 0.3 is 0 Å². The van der Waals surface area contributed by atoms with E-state index in [1.165, 1.54) is 0 Å². The van der Waals surface area contributed by atoms with Gasteiger partial charge < -0.3 is 5.73 Å². The van der Waals surface area contributed by atoms with E-state index in [1.807, 2.05) is 0 Å². The lowest BCUT2D eigenvalue weighted by atomic mass is 9.95. The largest absolute Gasteiger partial charge is 0.330 e. The third-order valence-corrected chi connectivity index (χ3v) is 3.91. The molecule has 0 heterocycles. The maximum absolute atomic E-state index is 13.4. The molecule has 0 saturated heterocycles. The Labute approximate surface area is 105 Å². The third-order valence-electron chi connectivity index (χ3n) is 2.48. The Morgan fingerprint density at radius 3 is 2.44 bits per heavy atom. The Morgan fingerprint density at radius 2 is 1.94 bits per heavy atom. The monoisotopic (exact) mass is 278 g/mol. The van der Waals surface area contributed by atoms with Crippen molar-refractivity contribution >= 4 is 10.0 Å². The van der Waals surface area contributed by atoms with E-state index in [0.717, 1.165) is 12.1 Å². The van der Waals surface area contributed by atoms with Gasteiger partial charge in [-0.2, -0.15) is 0 Å². The van der Waals surface area contributed by atoms with E-state index in [0.29, 0.717) is 6.07 Å². The second-order valence-electron chi connectivity index (χ2n) is 4.77. The van der Waals surface area contributed by atoms with E-state index < -0.39 is 32.0 Å². The van der Waals surface area contributed by atoms with E-state index in [1.54, 1.807) is 13.8 Å². The summed E-state index contributed by atoms with van der Waals surface area (Å²) in [5, 5.41) is 0. The molecule has 102 valence electrons. The van der Waals surface area contributed by atoms with Gasteiger partial charge in [0.05, 0.1) is 0 Å². The van der Waals surface area contributed by atoms with Crippen molar-refractivity contribution in [2.24, 2.45) is 11.1 Å². The predicted molar refractivity (Wildman–Crippen MR) is 64.4 cm³/mol. The van der Waals surface area contributed by atoms with Gasteiger partial charge in [-0.1, -0.05) is 13.8 Å². The molecular formula is C11H16F2N2O2S. The number of nitrogens with two attached hydrogens (primary N) is 1. The van der Waals surface area contributed by atoms with Gasteiger partial charge in [0.1, 0.15) is 16.5 Å². The summed E-state index contributed by atoms with van der Waals surface area (Å²) in [7, 11) is -4.00. The van der Waals surface area contributed by atoms with Crippen molar-refractivity contribution in [3.05, 3.63) is 29.8 Å². The number of hydrogen-bond acceptors (Lipinski definition) is 3. The van der Waals surface area contributed by atoms with Crippen molar-refractivity contribution in [2.75, 3.05) is 13.1 Å². The molecule has 0 aliphatic heterocycles. The van der Waals surface area contributed by atoms with Crippen LogP contribution < -0.4 is 10.5 Å². The van der Waals surface area contributed by atoms with Gasteiger partial charge in [0.15, 0.2) is 0 Å². The summed E-state index contributed by atoms with van der Waals surface area (Å²) in [4.78, 5) is -0.572. The molecule has 1 rings (SSSR count). The lowest BCUT2D eigenvalue weighted by Gasteiger charge is -2.22. The van der Waals surface area contributed by atoms with Crippen LogP contribution in [0.4, 0.5) is 8.78 Å². The third kappa shape index (κ3) is 3.72. The highest BCUT2D eigenvalue weighted by atomic mass is 32.2. The summed E-state index contributed by atoms with van der Waals surface area (Å²) in [6.07, 6.45) is 0. The molecule has 0 atom stereocenters. The molecule has 0 unspecified atom stereocenters. The summed E-state index contributed by atoms with van der Waals surface area (Å²) in [5.41, 5.74) is 5.02. The van der Waals surface area contributed by atoms with Gasteiger partial charge in [-0.05, 0) is 24.1 Å². The zero-order chi connectivity index (χ0) is 14.0. The van der Waals surface area contributed by atoms with Gasteiger partial charge in [-0.25, -0.2) is 21.9 Å². The van der Waals surface area contributed by atoms with Crippen LogP contribution in [0.15, 0.2) is 23.1 Å². The van der Waals surface area contributed by atoms with Crippen molar-refractivity contribution in [3.8, 4) is 0 Å². The smallest absolute Gasteiger partial charge is 0.243 e. The van der Waals surface area contributed by atoms with Crippen molar-refractivity contribution in [3.63, 3.8) is 0 Å². The molecule has 0 radical (unpaired) electrons. The average molecular weight is 278 g/mol. The first-order chi connectivity index (χ1) is 8.18. The SMILES string of the molecule is CC(C)(CN)CNS(=O)(=O)c1ccc(F)cc1F. The van der Waals surface area contributed by atoms with Crippen LogP contribution in [0.3, 0.4) is 0 Å². The molecule has 0 aromatic heterocycles. The average Bonchev–Trinajstić information content (AvgIpc) is 2.26. The van der Waals surface area contributed by atoms with Crippen LogP contribution in [0.5, 0.6) is 0 Å². The van der Waals surface area contributed by atoms with E-state index in [2.05, 4.69) is 4.72 Å². The quantitative estimate of drug-likeness (QED) is 0.851. The zero-order valence-corrected chi connectivity index (χ0v) is 11.0. The molecule has 0 saturated carbocycles. The molecule has 4 nitrogen and oxygen atoms in total. The van der Waals surface area contributed by atoms with Gasteiger partial charge in [0.25, 0.3) is 0 Å². The first-order valence-electron chi connectivity index (χ1n) is 5.33. The van der Waals surface area contributed by atoms with Gasteiger partial charge in [0.2, 0.25) is 10.0 Å². The topological polar surface area (TPSA) is 72.2 Å². The molecule has 18 heavy (non-hydrogen) atoms. The van der Waals surface area contributed by atoms with Gasteiger partial charge in [0, 0.05) is 12.6 Å². The predicted octanol–water partition coefficient (Wildman–Crippen LogP) is 1.23. The molecular weight excluding hydrogens is 262 g/mol. The van der Waals surface area contributed by atoms with Crippen LogP contribution in [0, 0.1) is 17.0 Å². The lowest BCUT2D eigenvalue weighted by Crippen LogP contribution is -2.38. The molecule has 0 spiro atoms. The highest BCUT2D eigenvalue weighted by molar-refractivity contribution is 7.89. The molecule has 3 N–H and O–H groups in total. The number of sulfonamides is 1. The number of rotatable bonds is 5. The summed E-state index contributed by atoms with van der Waals surface area (Å²) >= 11 is 0. The Morgan fingerprint density at radius 1 is 1.33 bits per heavy atom. The van der Waals surface area contributed by atoms with Crippen LogP contribution >= 0.6 is 0 Å². The summed E-state index contributed by atoms with van der Waals surface area (Å²) in [6.45, 7) is 3.90. The van der Waals surface area contributed by atoms with E-state index in [9.17, 15) is 17.2 Å². The van der Waals surface area contributed by atoms with Crippen molar-refractivity contribution in [1.82, 2.24) is 4.72 Å². The van der Waals surface area contributed by atoms with Crippen molar-refractivity contribution < 1.29 is 17.2 Å². The fourth-order valence-electron chi connectivity index (χ4n) is 1.13. The first kappa shape index (κ1) is 15.0. The summed E-state index contributed by atoms with van der Waals surface area (Å²) in [6, 6.07) is 2.32. The molecule has 7 heteroatoms.